The average Bonchev–Trinajstić information content (AvgIpc) is 2.70. The predicted octanol–water partition coefficient (Wildman–Crippen LogP) is 0.601. The molecular weight excluding hydrogens is 220 g/mol. The van der Waals surface area contributed by atoms with Crippen LogP contribution in [0.3, 0.4) is 0 Å². The van der Waals surface area contributed by atoms with E-state index in [1.165, 1.54) is 0 Å². The summed E-state index contributed by atoms with van der Waals surface area (Å²) >= 11 is 0. The molecule has 1 heterocycles. The Hall–Kier alpha value is -1.10. The van der Waals surface area contributed by atoms with Gasteiger partial charge in [-0.1, -0.05) is 26.7 Å². The lowest BCUT2D eigenvalue weighted by molar-refractivity contribution is -0.142. The van der Waals surface area contributed by atoms with Gasteiger partial charge >= 0.3 is 5.97 Å². The van der Waals surface area contributed by atoms with Crippen LogP contribution in [0.1, 0.15) is 33.1 Å². The average molecular weight is 242 g/mol. The molecular formula is C12H22N2O3. The van der Waals surface area contributed by atoms with Gasteiger partial charge in [-0.2, -0.15) is 0 Å². The second-order valence-corrected chi connectivity index (χ2v) is 4.78. The van der Waals surface area contributed by atoms with Gasteiger partial charge in [-0.25, -0.2) is 4.79 Å². The molecule has 1 fully saturated rings. The van der Waals surface area contributed by atoms with Gasteiger partial charge in [0.2, 0.25) is 5.91 Å². The van der Waals surface area contributed by atoms with Crippen molar-refractivity contribution in [1.82, 2.24) is 10.6 Å². The van der Waals surface area contributed by atoms with E-state index in [-0.39, 0.29) is 17.7 Å². The molecule has 1 amide bonds. The highest BCUT2D eigenvalue weighted by Crippen LogP contribution is 2.16. The van der Waals surface area contributed by atoms with Gasteiger partial charge in [0, 0.05) is 6.54 Å². The van der Waals surface area contributed by atoms with E-state index in [0.717, 1.165) is 19.4 Å². The maximum atomic E-state index is 11.9. The number of carboxylic acids is 1. The van der Waals surface area contributed by atoms with E-state index in [9.17, 15) is 9.59 Å². The Morgan fingerprint density at radius 1 is 1.47 bits per heavy atom. The summed E-state index contributed by atoms with van der Waals surface area (Å²) < 4.78 is 0. The molecule has 1 saturated heterocycles. The summed E-state index contributed by atoms with van der Waals surface area (Å²) in [7, 11) is 0. The Morgan fingerprint density at radius 3 is 2.65 bits per heavy atom. The first kappa shape index (κ1) is 14.0. The van der Waals surface area contributed by atoms with E-state index in [1.54, 1.807) is 0 Å². The Balaban J connectivity index is 2.48. The summed E-state index contributed by atoms with van der Waals surface area (Å²) in [6.45, 7) is 5.48. The summed E-state index contributed by atoms with van der Waals surface area (Å²) in [5, 5.41) is 14.8. The molecule has 3 atom stereocenters. The molecule has 5 nitrogen and oxygen atoms in total. The molecule has 1 aliphatic heterocycles. The third-order valence-corrected chi connectivity index (χ3v) is 3.32. The first-order valence-electron chi connectivity index (χ1n) is 6.30. The summed E-state index contributed by atoms with van der Waals surface area (Å²) in [6.07, 6.45) is 2.25. The number of hydrogen-bond donors (Lipinski definition) is 3. The van der Waals surface area contributed by atoms with E-state index < -0.39 is 12.0 Å². The van der Waals surface area contributed by atoms with Crippen LogP contribution < -0.4 is 10.6 Å². The molecule has 3 N–H and O–H groups in total. The highest BCUT2D eigenvalue weighted by molar-refractivity contribution is 5.85. The number of carbonyl (C=O) groups excluding carboxylic acids is 1. The fourth-order valence-electron chi connectivity index (χ4n) is 2.11. The largest absolute Gasteiger partial charge is 0.480 e. The molecule has 1 unspecified atom stereocenters. The highest BCUT2D eigenvalue weighted by atomic mass is 16.4. The lowest BCUT2D eigenvalue weighted by Gasteiger charge is -2.19. The van der Waals surface area contributed by atoms with Gasteiger partial charge in [-0.05, 0) is 18.9 Å². The number of carbonyl (C=O) groups is 2. The smallest absolute Gasteiger partial charge is 0.326 e. The molecule has 0 radical (unpaired) electrons. The Morgan fingerprint density at radius 2 is 2.18 bits per heavy atom. The van der Waals surface area contributed by atoms with Crippen LogP contribution in [0.4, 0.5) is 0 Å². The quantitative estimate of drug-likeness (QED) is 0.637. The fourth-order valence-corrected chi connectivity index (χ4v) is 2.11. The van der Waals surface area contributed by atoms with Crippen molar-refractivity contribution in [1.29, 1.82) is 0 Å². The van der Waals surface area contributed by atoms with Crippen molar-refractivity contribution >= 4 is 11.9 Å². The number of rotatable bonds is 6. The van der Waals surface area contributed by atoms with Crippen molar-refractivity contribution in [3.05, 3.63) is 0 Å². The van der Waals surface area contributed by atoms with E-state index >= 15 is 0 Å². The molecule has 0 bridgehead atoms. The zero-order valence-electron chi connectivity index (χ0n) is 10.5. The predicted molar refractivity (Wildman–Crippen MR) is 64.6 cm³/mol. The van der Waals surface area contributed by atoms with Gasteiger partial charge in [0.1, 0.15) is 6.04 Å². The number of nitrogens with one attached hydrogen (secondary N) is 2. The number of aliphatic carboxylic acids is 1. The molecule has 0 aliphatic carbocycles. The number of unbranched alkanes of at least 4 members (excludes halogenated alkanes) is 1. The van der Waals surface area contributed by atoms with Gasteiger partial charge < -0.3 is 15.7 Å². The minimum Gasteiger partial charge on any atom is -0.480 e. The summed E-state index contributed by atoms with van der Waals surface area (Å²) in [5.74, 6) is -0.898. The van der Waals surface area contributed by atoms with E-state index in [2.05, 4.69) is 10.6 Å². The van der Waals surface area contributed by atoms with Crippen LogP contribution >= 0.6 is 0 Å². The normalized spacial score (nSPS) is 25.5. The standard InChI is InChI=1S/C12H22N2O3/c1-3-4-5-10(12(16)17)14-11(15)9-7-13-6-8(9)2/h8-10,13H,3-7H2,1-2H3,(H,14,15)(H,16,17)/t8-,9-,10?/m1/s1. The molecule has 5 heteroatoms. The summed E-state index contributed by atoms with van der Waals surface area (Å²) in [5.41, 5.74) is 0. The lowest BCUT2D eigenvalue weighted by atomic mass is 9.96. The molecule has 98 valence electrons. The van der Waals surface area contributed by atoms with Crippen LogP contribution in [0.5, 0.6) is 0 Å². The van der Waals surface area contributed by atoms with Gasteiger partial charge in [0.15, 0.2) is 0 Å². The third-order valence-electron chi connectivity index (χ3n) is 3.32. The molecule has 17 heavy (non-hydrogen) atoms. The Kier molecular flexibility index (Phi) is 5.41. The van der Waals surface area contributed by atoms with Crippen molar-refractivity contribution in [3.63, 3.8) is 0 Å². The minimum atomic E-state index is -0.939. The first-order chi connectivity index (χ1) is 8.06. The van der Waals surface area contributed by atoms with Crippen LogP contribution in [0.15, 0.2) is 0 Å². The van der Waals surface area contributed by atoms with Gasteiger partial charge in [-0.3, -0.25) is 4.79 Å². The molecule has 0 aromatic rings. The maximum absolute atomic E-state index is 11.9. The van der Waals surface area contributed by atoms with E-state index in [0.29, 0.717) is 13.0 Å². The summed E-state index contributed by atoms with van der Waals surface area (Å²) in [6, 6.07) is -0.741. The van der Waals surface area contributed by atoms with Crippen molar-refractivity contribution in [2.24, 2.45) is 11.8 Å². The second-order valence-electron chi connectivity index (χ2n) is 4.78. The van der Waals surface area contributed by atoms with Crippen LogP contribution in [0.25, 0.3) is 0 Å². The number of hydrogen-bond acceptors (Lipinski definition) is 3. The molecule has 0 spiro atoms. The molecule has 1 aliphatic rings. The Labute approximate surface area is 102 Å². The highest BCUT2D eigenvalue weighted by Gasteiger charge is 2.31. The zero-order valence-corrected chi connectivity index (χ0v) is 10.5. The van der Waals surface area contributed by atoms with Crippen LogP contribution in [0, 0.1) is 11.8 Å². The van der Waals surface area contributed by atoms with Crippen LogP contribution in [-0.2, 0) is 9.59 Å². The van der Waals surface area contributed by atoms with Crippen LogP contribution in [0.2, 0.25) is 0 Å². The second kappa shape index (κ2) is 6.59. The van der Waals surface area contributed by atoms with Crippen molar-refractivity contribution < 1.29 is 14.7 Å². The van der Waals surface area contributed by atoms with Gasteiger partial charge in [0.05, 0.1) is 5.92 Å². The fraction of sp³-hybridized carbons (Fsp3) is 0.833. The zero-order chi connectivity index (χ0) is 12.8. The monoisotopic (exact) mass is 242 g/mol. The first-order valence-corrected chi connectivity index (χ1v) is 6.30. The Bertz CT molecular complexity index is 281. The van der Waals surface area contributed by atoms with Crippen molar-refractivity contribution in [3.8, 4) is 0 Å². The third kappa shape index (κ3) is 4.00. The molecule has 0 aromatic heterocycles. The van der Waals surface area contributed by atoms with Gasteiger partial charge in [-0.15, -0.1) is 0 Å². The summed E-state index contributed by atoms with van der Waals surface area (Å²) in [4.78, 5) is 22.9. The van der Waals surface area contributed by atoms with Gasteiger partial charge in [0.25, 0.3) is 0 Å². The SMILES string of the molecule is CCCCC(NC(=O)[C@@H]1CNC[C@H]1C)C(=O)O. The van der Waals surface area contributed by atoms with E-state index in [1.807, 2.05) is 13.8 Å². The van der Waals surface area contributed by atoms with Crippen molar-refractivity contribution in [2.75, 3.05) is 13.1 Å². The molecule has 1 rings (SSSR count). The van der Waals surface area contributed by atoms with Crippen molar-refractivity contribution in [2.45, 2.75) is 39.2 Å². The number of carboxylic acid groups (broad SMARTS) is 1. The maximum Gasteiger partial charge on any atom is 0.326 e. The van der Waals surface area contributed by atoms with E-state index in [4.69, 9.17) is 5.11 Å². The topological polar surface area (TPSA) is 78.4 Å². The molecule has 0 saturated carbocycles. The minimum absolute atomic E-state index is 0.0986. The lowest BCUT2D eigenvalue weighted by Crippen LogP contribution is -2.45. The molecule has 0 aromatic carbocycles. The van der Waals surface area contributed by atoms with Crippen LogP contribution in [-0.4, -0.2) is 36.1 Å². The number of amides is 1.